The molecule has 2 aromatic carbocycles. The number of aromatic carboxylic acids is 1. The minimum atomic E-state index is -0.929. The number of aryl methyl sites for hydroxylation is 2. The highest BCUT2D eigenvalue weighted by atomic mass is 16.4. The summed E-state index contributed by atoms with van der Waals surface area (Å²) in [5.41, 5.74) is 4.79. The molecule has 0 atom stereocenters. The SMILES string of the molecule is Cc1ccc(-c2cc(C(=O)O)c3cccc(C)c3n2)cc1. The molecule has 0 aliphatic rings. The zero-order chi connectivity index (χ0) is 15.0. The Morgan fingerprint density at radius 2 is 1.76 bits per heavy atom. The smallest absolute Gasteiger partial charge is 0.336 e. The molecule has 3 aromatic rings. The number of para-hydroxylation sites is 1. The van der Waals surface area contributed by atoms with Gasteiger partial charge in [0.2, 0.25) is 0 Å². The topological polar surface area (TPSA) is 50.2 Å². The van der Waals surface area contributed by atoms with Gasteiger partial charge in [0.25, 0.3) is 0 Å². The molecule has 1 N–H and O–H groups in total. The van der Waals surface area contributed by atoms with Crippen LogP contribution in [0.15, 0.2) is 48.5 Å². The Balaban J connectivity index is 2.32. The molecule has 0 saturated carbocycles. The maximum atomic E-state index is 11.5. The van der Waals surface area contributed by atoms with E-state index in [1.54, 1.807) is 12.1 Å². The lowest BCUT2D eigenvalue weighted by Gasteiger charge is -2.09. The van der Waals surface area contributed by atoms with E-state index in [4.69, 9.17) is 0 Å². The van der Waals surface area contributed by atoms with Crippen LogP contribution in [-0.2, 0) is 0 Å². The number of carboxylic acids is 1. The van der Waals surface area contributed by atoms with Crippen LogP contribution in [-0.4, -0.2) is 16.1 Å². The largest absolute Gasteiger partial charge is 0.478 e. The molecule has 0 aliphatic heterocycles. The average Bonchev–Trinajstić information content (AvgIpc) is 2.47. The molecule has 0 radical (unpaired) electrons. The average molecular weight is 277 g/mol. The van der Waals surface area contributed by atoms with E-state index in [2.05, 4.69) is 4.98 Å². The maximum absolute atomic E-state index is 11.5. The number of pyridine rings is 1. The molecular weight excluding hydrogens is 262 g/mol. The molecule has 0 saturated heterocycles. The zero-order valence-corrected chi connectivity index (χ0v) is 11.9. The van der Waals surface area contributed by atoms with Gasteiger partial charge < -0.3 is 5.11 Å². The lowest BCUT2D eigenvalue weighted by atomic mass is 10.0. The lowest BCUT2D eigenvalue weighted by molar-refractivity contribution is 0.0699. The van der Waals surface area contributed by atoms with E-state index >= 15 is 0 Å². The number of hydrogen-bond donors (Lipinski definition) is 1. The van der Waals surface area contributed by atoms with Gasteiger partial charge in [-0.05, 0) is 25.5 Å². The highest BCUT2D eigenvalue weighted by Crippen LogP contribution is 2.26. The second kappa shape index (κ2) is 5.02. The summed E-state index contributed by atoms with van der Waals surface area (Å²) in [7, 11) is 0. The summed E-state index contributed by atoms with van der Waals surface area (Å²) in [4.78, 5) is 16.2. The number of benzene rings is 2. The van der Waals surface area contributed by atoms with Gasteiger partial charge in [0.15, 0.2) is 0 Å². The number of nitrogens with zero attached hydrogens (tertiary/aromatic N) is 1. The molecule has 3 heteroatoms. The van der Waals surface area contributed by atoms with Crippen molar-refractivity contribution in [2.24, 2.45) is 0 Å². The summed E-state index contributed by atoms with van der Waals surface area (Å²) >= 11 is 0. The molecule has 1 heterocycles. The summed E-state index contributed by atoms with van der Waals surface area (Å²) in [5, 5.41) is 10.1. The predicted octanol–water partition coefficient (Wildman–Crippen LogP) is 4.22. The van der Waals surface area contributed by atoms with Crippen molar-refractivity contribution in [3.63, 3.8) is 0 Å². The molecule has 3 rings (SSSR count). The Morgan fingerprint density at radius 3 is 2.43 bits per heavy atom. The van der Waals surface area contributed by atoms with Crippen molar-refractivity contribution < 1.29 is 9.90 Å². The highest BCUT2D eigenvalue weighted by Gasteiger charge is 2.13. The third kappa shape index (κ3) is 2.38. The van der Waals surface area contributed by atoms with E-state index < -0.39 is 5.97 Å². The van der Waals surface area contributed by atoms with Crippen LogP contribution in [0.4, 0.5) is 0 Å². The van der Waals surface area contributed by atoms with Gasteiger partial charge in [0, 0.05) is 10.9 Å². The van der Waals surface area contributed by atoms with E-state index in [1.165, 1.54) is 0 Å². The quantitative estimate of drug-likeness (QED) is 0.763. The van der Waals surface area contributed by atoms with Gasteiger partial charge in [-0.1, -0.05) is 48.0 Å². The van der Waals surface area contributed by atoms with Gasteiger partial charge in [-0.2, -0.15) is 0 Å². The van der Waals surface area contributed by atoms with Crippen molar-refractivity contribution in [2.45, 2.75) is 13.8 Å². The van der Waals surface area contributed by atoms with Crippen molar-refractivity contribution in [1.82, 2.24) is 4.98 Å². The van der Waals surface area contributed by atoms with Gasteiger partial charge in [-0.15, -0.1) is 0 Å². The summed E-state index contributed by atoms with van der Waals surface area (Å²) in [5.74, 6) is -0.929. The molecule has 0 bridgehead atoms. The first-order valence-corrected chi connectivity index (χ1v) is 6.77. The minimum Gasteiger partial charge on any atom is -0.478 e. The monoisotopic (exact) mass is 277 g/mol. The standard InChI is InChI=1S/C18H15NO2/c1-11-6-8-13(9-7-11)16-10-15(18(20)21)14-5-3-4-12(2)17(14)19-16/h3-10H,1-2H3,(H,20,21). The van der Waals surface area contributed by atoms with Crippen LogP contribution >= 0.6 is 0 Å². The van der Waals surface area contributed by atoms with Crippen LogP contribution in [0, 0.1) is 13.8 Å². The van der Waals surface area contributed by atoms with Crippen molar-refractivity contribution in [3.8, 4) is 11.3 Å². The van der Waals surface area contributed by atoms with Gasteiger partial charge in [-0.25, -0.2) is 9.78 Å². The van der Waals surface area contributed by atoms with Gasteiger partial charge >= 0.3 is 5.97 Å². The molecule has 0 unspecified atom stereocenters. The van der Waals surface area contributed by atoms with Crippen LogP contribution < -0.4 is 0 Å². The van der Waals surface area contributed by atoms with Gasteiger partial charge in [0.1, 0.15) is 0 Å². The van der Waals surface area contributed by atoms with Gasteiger partial charge in [0.05, 0.1) is 16.8 Å². The Kier molecular flexibility index (Phi) is 3.18. The van der Waals surface area contributed by atoms with Crippen molar-refractivity contribution in [3.05, 3.63) is 65.2 Å². The number of aromatic nitrogens is 1. The Bertz CT molecular complexity index is 836. The first-order chi connectivity index (χ1) is 10.1. The molecule has 0 spiro atoms. The lowest BCUT2D eigenvalue weighted by Crippen LogP contribution is -2.01. The van der Waals surface area contributed by atoms with E-state index in [0.717, 1.165) is 22.2 Å². The normalized spacial score (nSPS) is 10.8. The third-order valence-electron chi connectivity index (χ3n) is 3.62. The number of carboxylic acid groups (broad SMARTS) is 1. The van der Waals surface area contributed by atoms with Crippen LogP contribution in [0.5, 0.6) is 0 Å². The Hall–Kier alpha value is -2.68. The molecular formula is C18H15NO2. The fourth-order valence-electron chi connectivity index (χ4n) is 2.44. The van der Waals surface area contributed by atoms with E-state index in [-0.39, 0.29) is 0 Å². The Morgan fingerprint density at radius 1 is 1.05 bits per heavy atom. The van der Waals surface area contributed by atoms with Gasteiger partial charge in [-0.3, -0.25) is 0 Å². The predicted molar refractivity (Wildman–Crippen MR) is 83.6 cm³/mol. The number of carbonyl (C=O) groups is 1. The maximum Gasteiger partial charge on any atom is 0.336 e. The van der Waals surface area contributed by atoms with Crippen LogP contribution in [0.2, 0.25) is 0 Å². The first-order valence-electron chi connectivity index (χ1n) is 6.77. The number of hydrogen-bond acceptors (Lipinski definition) is 2. The van der Waals surface area contributed by atoms with Crippen molar-refractivity contribution >= 4 is 16.9 Å². The van der Waals surface area contributed by atoms with Crippen molar-refractivity contribution in [1.29, 1.82) is 0 Å². The molecule has 104 valence electrons. The zero-order valence-electron chi connectivity index (χ0n) is 11.9. The molecule has 1 aromatic heterocycles. The van der Waals surface area contributed by atoms with Crippen LogP contribution in [0.25, 0.3) is 22.2 Å². The molecule has 21 heavy (non-hydrogen) atoms. The van der Waals surface area contributed by atoms with E-state index in [0.29, 0.717) is 16.6 Å². The van der Waals surface area contributed by atoms with E-state index in [1.807, 2.05) is 50.2 Å². The third-order valence-corrected chi connectivity index (χ3v) is 3.62. The number of rotatable bonds is 2. The highest BCUT2D eigenvalue weighted by molar-refractivity contribution is 6.04. The van der Waals surface area contributed by atoms with Crippen molar-refractivity contribution in [2.75, 3.05) is 0 Å². The summed E-state index contributed by atoms with van der Waals surface area (Å²) < 4.78 is 0. The molecule has 0 aliphatic carbocycles. The molecule has 0 amide bonds. The number of fused-ring (bicyclic) bond motifs is 1. The fraction of sp³-hybridized carbons (Fsp3) is 0.111. The summed E-state index contributed by atoms with van der Waals surface area (Å²) in [6, 6.07) is 15.2. The first kappa shape index (κ1) is 13.3. The second-order valence-corrected chi connectivity index (χ2v) is 5.20. The molecule has 3 nitrogen and oxygen atoms in total. The summed E-state index contributed by atoms with van der Waals surface area (Å²) in [6.45, 7) is 3.96. The summed E-state index contributed by atoms with van der Waals surface area (Å²) in [6.07, 6.45) is 0. The van der Waals surface area contributed by atoms with Crippen LogP contribution in [0.1, 0.15) is 21.5 Å². The van der Waals surface area contributed by atoms with Crippen LogP contribution in [0.3, 0.4) is 0 Å². The van der Waals surface area contributed by atoms with E-state index in [9.17, 15) is 9.90 Å². The minimum absolute atomic E-state index is 0.291. The molecule has 0 fully saturated rings. The Labute approximate surface area is 122 Å². The fourth-order valence-corrected chi connectivity index (χ4v) is 2.44. The second-order valence-electron chi connectivity index (χ2n) is 5.20.